The quantitative estimate of drug-likeness (QED) is 0.776. The molecule has 23 heavy (non-hydrogen) atoms. The van der Waals surface area contributed by atoms with Gasteiger partial charge < -0.3 is 9.47 Å². The lowest BCUT2D eigenvalue weighted by atomic mass is 10.2. The number of hydrogen-bond donors (Lipinski definition) is 0. The van der Waals surface area contributed by atoms with Crippen molar-refractivity contribution >= 4 is 33.5 Å². The van der Waals surface area contributed by atoms with Crippen LogP contribution in [0.15, 0.2) is 11.1 Å². The summed E-state index contributed by atoms with van der Waals surface area (Å²) in [6.45, 7) is 5.43. The predicted molar refractivity (Wildman–Crippen MR) is 85.9 cm³/mol. The van der Waals surface area contributed by atoms with Crippen molar-refractivity contribution in [2.45, 2.75) is 33.2 Å². The molecule has 2 rings (SSSR count). The standard InChI is InChI=1S/C15H18N2O5S/c1-5-9(14(19)21-4)17-7-16-12-10(13(17)18)8(3)11(23-12)15(20)22-6-2/h7,9H,5-6H2,1-4H3/t9-/m1/s1. The Morgan fingerprint density at radius 2 is 2.09 bits per heavy atom. The topological polar surface area (TPSA) is 87.5 Å². The number of ether oxygens (including phenoxy) is 2. The lowest BCUT2D eigenvalue weighted by molar-refractivity contribution is -0.144. The van der Waals surface area contributed by atoms with Gasteiger partial charge in [-0.15, -0.1) is 11.3 Å². The molecule has 0 saturated carbocycles. The molecule has 2 heterocycles. The summed E-state index contributed by atoms with van der Waals surface area (Å²) in [4.78, 5) is 41.5. The number of aryl methyl sites for hydroxylation is 1. The summed E-state index contributed by atoms with van der Waals surface area (Å²) in [5.74, 6) is -0.979. The number of carbonyl (C=O) groups is 2. The lowest BCUT2D eigenvalue weighted by Crippen LogP contribution is -2.30. The molecule has 0 spiro atoms. The van der Waals surface area contributed by atoms with E-state index in [1.165, 1.54) is 18.0 Å². The summed E-state index contributed by atoms with van der Waals surface area (Å²) in [7, 11) is 1.27. The minimum Gasteiger partial charge on any atom is -0.467 e. The van der Waals surface area contributed by atoms with Crippen LogP contribution >= 0.6 is 11.3 Å². The first-order chi connectivity index (χ1) is 11.0. The Morgan fingerprint density at radius 3 is 2.65 bits per heavy atom. The average Bonchev–Trinajstić information content (AvgIpc) is 2.88. The Hall–Kier alpha value is -2.22. The van der Waals surface area contributed by atoms with E-state index in [9.17, 15) is 14.4 Å². The molecule has 2 aromatic rings. The molecule has 0 saturated heterocycles. The Balaban J connectivity index is 2.63. The molecule has 0 aliphatic rings. The monoisotopic (exact) mass is 338 g/mol. The van der Waals surface area contributed by atoms with Gasteiger partial charge in [-0.3, -0.25) is 9.36 Å². The number of fused-ring (bicyclic) bond motifs is 1. The van der Waals surface area contributed by atoms with Crippen molar-refractivity contribution in [1.29, 1.82) is 0 Å². The minimum absolute atomic E-state index is 0.254. The van der Waals surface area contributed by atoms with Crippen molar-refractivity contribution in [2.75, 3.05) is 13.7 Å². The number of methoxy groups -OCH3 is 1. The van der Waals surface area contributed by atoms with Crippen molar-refractivity contribution in [3.63, 3.8) is 0 Å². The van der Waals surface area contributed by atoms with Crippen LogP contribution in [0.1, 0.15) is 41.5 Å². The molecule has 0 amide bonds. The van der Waals surface area contributed by atoms with E-state index in [1.54, 1.807) is 20.8 Å². The number of esters is 2. The van der Waals surface area contributed by atoms with Gasteiger partial charge >= 0.3 is 11.9 Å². The van der Waals surface area contributed by atoms with Crippen LogP contribution in [0, 0.1) is 6.92 Å². The Kier molecular flexibility index (Phi) is 5.15. The summed E-state index contributed by atoms with van der Waals surface area (Å²) in [6, 6.07) is -0.741. The first-order valence-electron chi connectivity index (χ1n) is 7.21. The summed E-state index contributed by atoms with van der Waals surface area (Å²) >= 11 is 1.11. The van der Waals surface area contributed by atoms with Gasteiger partial charge in [0.1, 0.15) is 15.7 Å². The van der Waals surface area contributed by atoms with Crippen molar-refractivity contribution in [2.24, 2.45) is 0 Å². The molecule has 0 aliphatic heterocycles. The molecule has 0 N–H and O–H groups in total. The van der Waals surface area contributed by atoms with E-state index in [0.717, 1.165) is 11.3 Å². The number of thiophene rings is 1. The Morgan fingerprint density at radius 1 is 1.39 bits per heavy atom. The minimum atomic E-state index is -0.741. The molecular formula is C15H18N2O5S. The van der Waals surface area contributed by atoms with Crippen LogP contribution in [0.25, 0.3) is 10.2 Å². The van der Waals surface area contributed by atoms with Gasteiger partial charge in [0.25, 0.3) is 5.56 Å². The van der Waals surface area contributed by atoms with Gasteiger partial charge in [-0.25, -0.2) is 14.6 Å². The molecule has 8 heteroatoms. The summed E-state index contributed by atoms with van der Waals surface area (Å²) in [5.41, 5.74) is 0.159. The lowest BCUT2D eigenvalue weighted by Gasteiger charge is -2.15. The van der Waals surface area contributed by atoms with Crippen molar-refractivity contribution in [1.82, 2.24) is 9.55 Å². The first-order valence-corrected chi connectivity index (χ1v) is 8.03. The molecule has 0 radical (unpaired) electrons. The molecule has 2 aromatic heterocycles. The van der Waals surface area contributed by atoms with Gasteiger partial charge in [0.05, 0.1) is 25.4 Å². The second-order valence-corrected chi connectivity index (χ2v) is 5.86. The highest BCUT2D eigenvalue weighted by Crippen LogP contribution is 2.28. The number of rotatable bonds is 5. The van der Waals surface area contributed by atoms with Crippen LogP contribution < -0.4 is 5.56 Å². The van der Waals surface area contributed by atoms with E-state index in [1.807, 2.05) is 0 Å². The SMILES string of the molecule is CCOC(=O)c1sc2ncn([C@H](CC)C(=O)OC)c(=O)c2c1C. The van der Waals surface area contributed by atoms with Crippen molar-refractivity contribution in [3.05, 3.63) is 27.1 Å². The molecular weight excluding hydrogens is 320 g/mol. The van der Waals surface area contributed by atoms with Crippen molar-refractivity contribution < 1.29 is 19.1 Å². The molecule has 1 atom stereocenters. The van der Waals surface area contributed by atoms with E-state index >= 15 is 0 Å². The summed E-state index contributed by atoms with van der Waals surface area (Å²) < 4.78 is 11.0. The Labute approximate surface area is 136 Å². The maximum absolute atomic E-state index is 12.7. The third-order valence-corrected chi connectivity index (χ3v) is 4.71. The van der Waals surface area contributed by atoms with Crippen LogP contribution in [0.3, 0.4) is 0 Å². The van der Waals surface area contributed by atoms with Crippen LogP contribution in [-0.2, 0) is 14.3 Å². The van der Waals surface area contributed by atoms with Gasteiger partial charge in [-0.2, -0.15) is 0 Å². The second kappa shape index (κ2) is 6.91. The third kappa shape index (κ3) is 2.98. The summed E-state index contributed by atoms with van der Waals surface area (Å²) in [5, 5.41) is 0.336. The molecule has 7 nitrogen and oxygen atoms in total. The maximum Gasteiger partial charge on any atom is 0.348 e. The van der Waals surface area contributed by atoms with Gasteiger partial charge in [0.15, 0.2) is 0 Å². The number of nitrogens with zero attached hydrogens (tertiary/aromatic N) is 2. The normalized spacial score (nSPS) is 12.2. The zero-order chi connectivity index (χ0) is 17.1. The van der Waals surface area contributed by atoms with E-state index in [4.69, 9.17) is 9.47 Å². The van der Waals surface area contributed by atoms with E-state index in [2.05, 4.69) is 4.98 Å². The average molecular weight is 338 g/mol. The molecule has 0 unspecified atom stereocenters. The fraction of sp³-hybridized carbons (Fsp3) is 0.467. The predicted octanol–water partition coefficient (Wildman–Crippen LogP) is 2.07. The van der Waals surface area contributed by atoms with Crippen LogP contribution in [-0.4, -0.2) is 35.2 Å². The first kappa shape index (κ1) is 17.1. The molecule has 0 aromatic carbocycles. The van der Waals surface area contributed by atoms with Crippen molar-refractivity contribution in [3.8, 4) is 0 Å². The third-order valence-electron chi connectivity index (χ3n) is 3.53. The van der Waals surface area contributed by atoms with E-state index < -0.39 is 18.0 Å². The van der Waals surface area contributed by atoms with Gasteiger partial charge in [0.2, 0.25) is 0 Å². The highest BCUT2D eigenvalue weighted by atomic mass is 32.1. The van der Waals surface area contributed by atoms with Gasteiger partial charge in [0, 0.05) is 0 Å². The number of hydrogen-bond acceptors (Lipinski definition) is 7. The highest BCUT2D eigenvalue weighted by molar-refractivity contribution is 7.20. The van der Waals surface area contributed by atoms with E-state index in [-0.39, 0.29) is 12.2 Å². The summed E-state index contributed by atoms with van der Waals surface area (Å²) in [6.07, 6.45) is 1.72. The number of aromatic nitrogens is 2. The maximum atomic E-state index is 12.7. The molecule has 0 bridgehead atoms. The molecule has 0 aliphatic carbocycles. The highest BCUT2D eigenvalue weighted by Gasteiger charge is 2.25. The largest absolute Gasteiger partial charge is 0.467 e. The zero-order valence-electron chi connectivity index (χ0n) is 13.4. The van der Waals surface area contributed by atoms with Crippen LogP contribution in [0.2, 0.25) is 0 Å². The fourth-order valence-electron chi connectivity index (χ4n) is 2.36. The fourth-order valence-corrected chi connectivity index (χ4v) is 3.40. The smallest absolute Gasteiger partial charge is 0.348 e. The Bertz CT molecular complexity index is 808. The molecule has 0 fully saturated rings. The van der Waals surface area contributed by atoms with Crippen LogP contribution in [0.5, 0.6) is 0 Å². The van der Waals surface area contributed by atoms with Gasteiger partial charge in [-0.1, -0.05) is 6.92 Å². The number of carbonyl (C=O) groups excluding carboxylic acids is 2. The van der Waals surface area contributed by atoms with E-state index in [0.29, 0.717) is 27.1 Å². The second-order valence-electron chi connectivity index (χ2n) is 4.86. The zero-order valence-corrected chi connectivity index (χ0v) is 14.2. The van der Waals surface area contributed by atoms with Gasteiger partial charge in [-0.05, 0) is 25.8 Å². The molecule has 124 valence electrons. The van der Waals surface area contributed by atoms with Crippen LogP contribution in [0.4, 0.5) is 0 Å².